The van der Waals surface area contributed by atoms with E-state index in [9.17, 15) is 9.59 Å². The van der Waals surface area contributed by atoms with E-state index in [1.807, 2.05) is 28.2 Å². The molecule has 1 aliphatic carbocycles. The number of nitrogens with zero attached hydrogens (tertiary/aromatic N) is 2. The molecule has 0 aromatic rings. The van der Waals surface area contributed by atoms with Gasteiger partial charge in [-0.05, 0) is 41.0 Å². The molecule has 1 rings (SSSR count). The zero-order chi connectivity index (χ0) is 16.9. The first kappa shape index (κ1) is 18.6. The Morgan fingerprint density at radius 1 is 0.864 bits per heavy atom. The topological polar surface area (TPSA) is 59.1 Å². The maximum Gasteiger partial charge on any atom is 0.309 e. The van der Waals surface area contributed by atoms with Crippen molar-refractivity contribution in [3.63, 3.8) is 0 Å². The van der Waals surface area contributed by atoms with Gasteiger partial charge >= 0.3 is 11.9 Å². The first-order chi connectivity index (χ1) is 10.3. The first-order valence-corrected chi connectivity index (χ1v) is 7.45. The Morgan fingerprint density at radius 3 is 1.41 bits per heavy atom. The summed E-state index contributed by atoms with van der Waals surface area (Å²) < 4.78 is 9.78. The van der Waals surface area contributed by atoms with Gasteiger partial charge in [0.25, 0.3) is 0 Å². The van der Waals surface area contributed by atoms with E-state index in [1.165, 1.54) is 25.4 Å². The Hall–Kier alpha value is -1.40. The maximum atomic E-state index is 12.1. The molecular formula is C16H28N2O4. The van der Waals surface area contributed by atoms with Gasteiger partial charge in [-0.25, -0.2) is 0 Å². The fourth-order valence-electron chi connectivity index (χ4n) is 3.02. The van der Waals surface area contributed by atoms with Crippen molar-refractivity contribution in [3.8, 4) is 0 Å². The molecule has 126 valence electrons. The van der Waals surface area contributed by atoms with E-state index in [0.717, 1.165) is 13.1 Å². The predicted octanol–water partition coefficient (Wildman–Crippen LogP) is 0.778. The lowest BCUT2D eigenvalue weighted by Gasteiger charge is -2.33. The van der Waals surface area contributed by atoms with E-state index in [1.54, 1.807) is 0 Å². The van der Waals surface area contributed by atoms with E-state index in [0.29, 0.717) is 12.8 Å². The highest BCUT2D eigenvalue weighted by atomic mass is 16.5. The van der Waals surface area contributed by atoms with Crippen LogP contribution >= 0.6 is 0 Å². The highest BCUT2D eigenvalue weighted by Crippen LogP contribution is 2.36. The number of carbonyl (C=O) groups excluding carboxylic acids is 2. The van der Waals surface area contributed by atoms with Crippen molar-refractivity contribution in [1.29, 1.82) is 0 Å². The summed E-state index contributed by atoms with van der Waals surface area (Å²) in [7, 11) is 10.7. The summed E-state index contributed by atoms with van der Waals surface area (Å²) in [6, 6.07) is 0. The first-order valence-electron chi connectivity index (χ1n) is 7.45. The number of esters is 2. The van der Waals surface area contributed by atoms with Crippen molar-refractivity contribution in [1.82, 2.24) is 9.80 Å². The summed E-state index contributed by atoms with van der Waals surface area (Å²) in [5.41, 5.74) is 2.43. The van der Waals surface area contributed by atoms with Gasteiger partial charge in [0.15, 0.2) is 0 Å². The molecule has 1 aliphatic rings. The highest BCUT2D eigenvalue weighted by Gasteiger charge is 2.40. The van der Waals surface area contributed by atoms with Crippen LogP contribution in [0.1, 0.15) is 12.8 Å². The summed E-state index contributed by atoms with van der Waals surface area (Å²) >= 11 is 0. The number of hydrogen-bond acceptors (Lipinski definition) is 6. The molecule has 0 unspecified atom stereocenters. The average Bonchev–Trinajstić information content (AvgIpc) is 2.45. The minimum Gasteiger partial charge on any atom is -0.469 e. The number of rotatable bonds is 6. The second-order valence-corrected chi connectivity index (χ2v) is 6.35. The van der Waals surface area contributed by atoms with Crippen molar-refractivity contribution in [3.05, 3.63) is 11.1 Å². The number of hydrogen-bond donors (Lipinski definition) is 0. The van der Waals surface area contributed by atoms with E-state index in [4.69, 9.17) is 9.47 Å². The number of ether oxygens (including phenoxy) is 2. The van der Waals surface area contributed by atoms with Gasteiger partial charge in [0, 0.05) is 13.1 Å². The van der Waals surface area contributed by atoms with Crippen LogP contribution in [0.25, 0.3) is 0 Å². The van der Waals surface area contributed by atoms with E-state index >= 15 is 0 Å². The molecule has 0 aliphatic heterocycles. The number of carbonyl (C=O) groups is 2. The molecule has 6 nitrogen and oxygen atoms in total. The van der Waals surface area contributed by atoms with E-state index < -0.39 is 11.8 Å². The molecule has 0 saturated carbocycles. The van der Waals surface area contributed by atoms with Gasteiger partial charge in [-0.15, -0.1) is 0 Å². The van der Waals surface area contributed by atoms with Crippen LogP contribution in [0.4, 0.5) is 0 Å². The molecule has 0 saturated heterocycles. The molecule has 0 amide bonds. The molecule has 0 fully saturated rings. The Balaban J connectivity index is 3.14. The molecule has 0 heterocycles. The summed E-state index contributed by atoms with van der Waals surface area (Å²) in [6.07, 6.45) is 1.10. The quantitative estimate of drug-likeness (QED) is 0.533. The van der Waals surface area contributed by atoms with Crippen LogP contribution in [0.2, 0.25) is 0 Å². The molecule has 2 atom stereocenters. The Bertz CT molecular complexity index is 403. The fourth-order valence-corrected chi connectivity index (χ4v) is 3.02. The molecule has 0 aromatic heterocycles. The van der Waals surface area contributed by atoms with Gasteiger partial charge in [0.1, 0.15) is 0 Å². The van der Waals surface area contributed by atoms with Crippen molar-refractivity contribution in [2.45, 2.75) is 12.8 Å². The summed E-state index contributed by atoms with van der Waals surface area (Å²) in [6.45, 7) is 1.56. The van der Waals surface area contributed by atoms with Crippen LogP contribution < -0.4 is 0 Å². The maximum absolute atomic E-state index is 12.1. The molecule has 6 heteroatoms. The van der Waals surface area contributed by atoms with Crippen LogP contribution in [0.5, 0.6) is 0 Å². The zero-order valence-electron chi connectivity index (χ0n) is 14.5. The van der Waals surface area contributed by atoms with Gasteiger partial charge in [-0.3, -0.25) is 9.59 Å². The van der Waals surface area contributed by atoms with Crippen LogP contribution in [-0.4, -0.2) is 77.2 Å². The van der Waals surface area contributed by atoms with Gasteiger partial charge in [-0.1, -0.05) is 11.1 Å². The normalized spacial score (nSPS) is 22.2. The van der Waals surface area contributed by atoms with Gasteiger partial charge in [0.2, 0.25) is 0 Å². The minimum absolute atomic E-state index is 0.337. The lowest BCUT2D eigenvalue weighted by Crippen LogP contribution is -2.38. The Kier molecular flexibility index (Phi) is 7.03. The monoisotopic (exact) mass is 312 g/mol. The Labute approximate surface area is 133 Å². The van der Waals surface area contributed by atoms with Crippen molar-refractivity contribution in [2.75, 3.05) is 55.5 Å². The summed E-state index contributed by atoms with van der Waals surface area (Å²) in [5, 5.41) is 0. The van der Waals surface area contributed by atoms with Gasteiger partial charge in [0.05, 0.1) is 26.1 Å². The molecule has 0 bridgehead atoms. The number of methoxy groups -OCH3 is 2. The second-order valence-electron chi connectivity index (χ2n) is 6.35. The molecule has 0 radical (unpaired) electrons. The average molecular weight is 312 g/mol. The smallest absolute Gasteiger partial charge is 0.309 e. The molecule has 0 N–H and O–H groups in total. The largest absolute Gasteiger partial charge is 0.469 e. The van der Waals surface area contributed by atoms with Gasteiger partial charge < -0.3 is 19.3 Å². The summed E-state index contributed by atoms with van der Waals surface area (Å²) in [5.74, 6) is -1.59. The lowest BCUT2D eigenvalue weighted by molar-refractivity contribution is -0.158. The zero-order valence-corrected chi connectivity index (χ0v) is 14.5. The predicted molar refractivity (Wildman–Crippen MR) is 84.4 cm³/mol. The van der Waals surface area contributed by atoms with Gasteiger partial charge in [-0.2, -0.15) is 0 Å². The van der Waals surface area contributed by atoms with Crippen molar-refractivity contribution < 1.29 is 19.1 Å². The van der Waals surface area contributed by atoms with E-state index in [2.05, 4.69) is 9.80 Å². The third kappa shape index (κ3) is 4.81. The van der Waals surface area contributed by atoms with Crippen LogP contribution in [0, 0.1) is 11.8 Å². The number of likely N-dealkylation sites (N-methyl/N-ethyl adjacent to an activating group) is 2. The lowest BCUT2D eigenvalue weighted by atomic mass is 9.75. The standard InChI is InChI=1S/C16H28N2O4/c1-17(2)9-11-7-13(15(19)21-5)14(16(20)22-6)8-12(11)10-18(3)4/h13-14H,7-10H2,1-6H3/t13-,14-/m0/s1. The molecular weight excluding hydrogens is 284 g/mol. The van der Waals surface area contributed by atoms with Crippen molar-refractivity contribution >= 4 is 11.9 Å². The van der Waals surface area contributed by atoms with Crippen LogP contribution in [0.15, 0.2) is 11.1 Å². The SMILES string of the molecule is COC(=O)[C@H]1CC(CN(C)C)=C(CN(C)C)C[C@@H]1C(=O)OC. The van der Waals surface area contributed by atoms with Crippen LogP contribution in [-0.2, 0) is 19.1 Å². The third-order valence-corrected chi connectivity index (χ3v) is 3.94. The van der Waals surface area contributed by atoms with E-state index in [-0.39, 0.29) is 11.9 Å². The second kappa shape index (κ2) is 8.29. The summed E-state index contributed by atoms with van der Waals surface area (Å²) in [4.78, 5) is 28.3. The molecule has 0 aromatic carbocycles. The molecule has 0 spiro atoms. The van der Waals surface area contributed by atoms with Crippen LogP contribution in [0.3, 0.4) is 0 Å². The minimum atomic E-state index is -0.460. The highest BCUT2D eigenvalue weighted by molar-refractivity contribution is 5.83. The van der Waals surface area contributed by atoms with Crippen molar-refractivity contribution in [2.24, 2.45) is 11.8 Å². The third-order valence-electron chi connectivity index (χ3n) is 3.94. The molecule has 22 heavy (non-hydrogen) atoms. The fraction of sp³-hybridized carbons (Fsp3) is 0.750. The Morgan fingerprint density at radius 2 is 1.18 bits per heavy atom.